The number of benzene rings is 1. The number of hydrogen-bond donors (Lipinski definition) is 3. The van der Waals surface area contributed by atoms with Crippen molar-refractivity contribution in [2.75, 3.05) is 32.1 Å². The molecule has 2 heterocycles. The highest BCUT2D eigenvalue weighted by molar-refractivity contribution is 5.93. The average molecular weight is 352 g/mol. The minimum atomic E-state index is -0.162. The number of aromatic amines is 1. The van der Waals surface area contributed by atoms with Gasteiger partial charge in [-0.15, -0.1) is 0 Å². The fraction of sp³-hybridized carbons (Fsp3) is 0.300. The Balaban J connectivity index is 1.51. The van der Waals surface area contributed by atoms with E-state index in [4.69, 9.17) is 4.74 Å². The van der Waals surface area contributed by atoms with Crippen LogP contribution < -0.4 is 10.6 Å². The van der Waals surface area contributed by atoms with E-state index in [2.05, 4.69) is 26.7 Å². The van der Waals surface area contributed by atoms with Crippen LogP contribution in [-0.2, 0) is 11.2 Å². The number of para-hydroxylation sites is 1. The van der Waals surface area contributed by atoms with Gasteiger partial charge in [0.2, 0.25) is 0 Å². The molecule has 0 aliphatic heterocycles. The first-order valence-electron chi connectivity index (χ1n) is 8.80. The summed E-state index contributed by atoms with van der Waals surface area (Å²) >= 11 is 0. The summed E-state index contributed by atoms with van der Waals surface area (Å²) in [5, 5.41) is 7.41. The van der Waals surface area contributed by atoms with Crippen molar-refractivity contribution in [3.05, 3.63) is 60.0 Å². The highest BCUT2D eigenvalue weighted by Gasteiger charge is 2.08. The Hall–Kier alpha value is -2.86. The fourth-order valence-corrected chi connectivity index (χ4v) is 2.85. The number of anilines is 1. The SMILES string of the molecule is COCCCNc1ccnc(C(=O)NCCc2c[nH]c3ccccc23)c1. The van der Waals surface area contributed by atoms with E-state index in [0.29, 0.717) is 18.8 Å². The fourth-order valence-electron chi connectivity index (χ4n) is 2.85. The molecule has 1 amide bonds. The number of methoxy groups -OCH3 is 1. The smallest absolute Gasteiger partial charge is 0.269 e. The lowest BCUT2D eigenvalue weighted by molar-refractivity contribution is 0.0949. The molecule has 0 saturated carbocycles. The van der Waals surface area contributed by atoms with Crippen molar-refractivity contribution in [3.63, 3.8) is 0 Å². The zero-order valence-corrected chi connectivity index (χ0v) is 14.9. The van der Waals surface area contributed by atoms with Gasteiger partial charge >= 0.3 is 0 Å². The zero-order valence-electron chi connectivity index (χ0n) is 14.9. The molecule has 6 heteroatoms. The number of fused-ring (bicyclic) bond motifs is 1. The standard InChI is InChI=1S/C20H24N4O2/c1-26-12-4-9-21-16-8-11-22-19(13-16)20(25)23-10-7-15-14-24-18-6-3-2-5-17(15)18/h2-3,5-6,8,11,13-14,24H,4,7,9-10,12H2,1H3,(H,21,22)(H,23,25). The molecular weight excluding hydrogens is 328 g/mol. The normalized spacial score (nSPS) is 10.8. The molecule has 26 heavy (non-hydrogen) atoms. The number of amides is 1. The van der Waals surface area contributed by atoms with Gasteiger partial charge in [0.05, 0.1) is 0 Å². The van der Waals surface area contributed by atoms with Gasteiger partial charge in [0, 0.05) is 55.8 Å². The summed E-state index contributed by atoms with van der Waals surface area (Å²) in [6.07, 6.45) is 5.32. The quantitative estimate of drug-likeness (QED) is 0.517. The van der Waals surface area contributed by atoms with E-state index in [1.54, 1.807) is 19.4 Å². The number of carbonyl (C=O) groups is 1. The Morgan fingerprint density at radius 3 is 3.00 bits per heavy atom. The number of aromatic nitrogens is 2. The van der Waals surface area contributed by atoms with Gasteiger partial charge < -0.3 is 20.4 Å². The number of ether oxygens (including phenoxy) is 1. The Labute approximate surface area is 153 Å². The minimum absolute atomic E-state index is 0.162. The predicted molar refractivity (Wildman–Crippen MR) is 104 cm³/mol. The summed E-state index contributed by atoms with van der Waals surface area (Å²) in [5.41, 5.74) is 3.61. The van der Waals surface area contributed by atoms with Crippen LogP contribution in [0.15, 0.2) is 48.8 Å². The number of hydrogen-bond acceptors (Lipinski definition) is 4. The molecule has 136 valence electrons. The molecule has 2 aromatic heterocycles. The summed E-state index contributed by atoms with van der Waals surface area (Å²) in [4.78, 5) is 19.8. The van der Waals surface area contributed by atoms with Crippen LogP contribution in [-0.4, -0.2) is 42.7 Å². The molecule has 0 spiro atoms. The van der Waals surface area contributed by atoms with Crippen LogP contribution in [0, 0.1) is 0 Å². The maximum absolute atomic E-state index is 12.3. The summed E-state index contributed by atoms with van der Waals surface area (Å²) in [6.45, 7) is 2.06. The lowest BCUT2D eigenvalue weighted by atomic mass is 10.1. The van der Waals surface area contributed by atoms with Crippen LogP contribution in [0.5, 0.6) is 0 Å². The summed E-state index contributed by atoms with van der Waals surface area (Å²) in [5.74, 6) is -0.162. The van der Waals surface area contributed by atoms with Crippen LogP contribution in [0.25, 0.3) is 10.9 Å². The molecule has 0 atom stereocenters. The van der Waals surface area contributed by atoms with E-state index in [9.17, 15) is 4.79 Å². The molecule has 0 saturated heterocycles. The molecule has 0 radical (unpaired) electrons. The summed E-state index contributed by atoms with van der Waals surface area (Å²) in [7, 11) is 1.69. The van der Waals surface area contributed by atoms with E-state index in [0.717, 1.165) is 30.6 Å². The van der Waals surface area contributed by atoms with Crippen LogP contribution in [0.2, 0.25) is 0 Å². The third-order valence-corrected chi connectivity index (χ3v) is 4.20. The molecule has 0 aliphatic carbocycles. The van der Waals surface area contributed by atoms with Gasteiger partial charge in [-0.3, -0.25) is 9.78 Å². The molecule has 3 rings (SSSR count). The first kappa shape index (κ1) is 17.9. The van der Waals surface area contributed by atoms with Crippen LogP contribution in [0.1, 0.15) is 22.5 Å². The number of nitrogens with zero attached hydrogens (tertiary/aromatic N) is 1. The number of pyridine rings is 1. The molecule has 0 aliphatic rings. The molecule has 0 fully saturated rings. The third kappa shape index (κ3) is 4.61. The van der Waals surface area contributed by atoms with Crippen molar-refractivity contribution in [2.24, 2.45) is 0 Å². The van der Waals surface area contributed by atoms with Gasteiger partial charge in [0.25, 0.3) is 5.91 Å². The zero-order chi connectivity index (χ0) is 18.2. The van der Waals surface area contributed by atoms with E-state index < -0.39 is 0 Å². The number of nitrogens with one attached hydrogen (secondary N) is 3. The third-order valence-electron chi connectivity index (χ3n) is 4.20. The molecular formula is C20H24N4O2. The van der Waals surface area contributed by atoms with Crippen molar-refractivity contribution in [1.29, 1.82) is 0 Å². The van der Waals surface area contributed by atoms with Gasteiger partial charge in [-0.25, -0.2) is 0 Å². The van der Waals surface area contributed by atoms with Crippen molar-refractivity contribution in [2.45, 2.75) is 12.8 Å². The van der Waals surface area contributed by atoms with Crippen molar-refractivity contribution in [3.8, 4) is 0 Å². The number of H-pyrrole nitrogens is 1. The van der Waals surface area contributed by atoms with Gasteiger partial charge in [0.15, 0.2) is 0 Å². The van der Waals surface area contributed by atoms with Crippen LogP contribution in [0.4, 0.5) is 5.69 Å². The second kappa shape index (κ2) is 9.01. The van der Waals surface area contributed by atoms with E-state index in [-0.39, 0.29) is 5.91 Å². The largest absolute Gasteiger partial charge is 0.385 e. The van der Waals surface area contributed by atoms with Crippen molar-refractivity contribution >= 4 is 22.5 Å². The van der Waals surface area contributed by atoms with E-state index >= 15 is 0 Å². The Morgan fingerprint density at radius 1 is 1.23 bits per heavy atom. The monoisotopic (exact) mass is 352 g/mol. The van der Waals surface area contributed by atoms with Crippen LogP contribution in [0.3, 0.4) is 0 Å². The summed E-state index contributed by atoms with van der Waals surface area (Å²) < 4.78 is 5.02. The summed E-state index contributed by atoms with van der Waals surface area (Å²) in [6, 6.07) is 11.8. The Kier molecular flexibility index (Phi) is 6.22. The van der Waals surface area contributed by atoms with Crippen molar-refractivity contribution < 1.29 is 9.53 Å². The molecule has 3 aromatic rings. The second-order valence-corrected chi connectivity index (χ2v) is 6.07. The predicted octanol–water partition coefficient (Wildman–Crippen LogP) is 2.98. The maximum Gasteiger partial charge on any atom is 0.269 e. The lowest BCUT2D eigenvalue weighted by Crippen LogP contribution is -2.26. The van der Waals surface area contributed by atoms with Gasteiger partial charge in [-0.05, 0) is 36.6 Å². The van der Waals surface area contributed by atoms with Gasteiger partial charge in [-0.1, -0.05) is 18.2 Å². The van der Waals surface area contributed by atoms with Gasteiger partial charge in [0.1, 0.15) is 5.69 Å². The molecule has 3 N–H and O–H groups in total. The van der Waals surface area contributed by atoms with Crippen LogP contribution >= 0.6 is 0 Å². The Bertz CT molecular complexity index is 860. The molecule has 6 nitrogen and oxygen atoms in total. The Morgan fingerprint density at radius 2 is 2.12 bits per heavy atom. The number of rotatable bonds is 9. The van der Waals surface area contributed by atoms with Crippen molar-refractivity contribution in [1.82, 2.24) is 15.3 Å². The minimum Gasteiger partial charge on any atom is -0.385 e. The van der Waals surface area contributed by atoms with E-state index in [1.807, 2.05) is 30.5 Å². The maximum atomic E-state index is 12.3. The molecule has 0 bridgehead atoms. The lowest BCUT2D eigenvalue weighted by Gasteiger charge is -2.08. The second-order valence-electron chi connectivity index (χ2n) is 6.07. The first-order valence-corrected chi connectivity index (χ1v) is 8.80. The molecule has 0 unspecified atom stereocenters. The van der Waals surface area contributed by atoms with Gasteiger partial charge in [-0.2, -0.15) is 0 Å². The van der Waals surface area contributed by atoms with E-state index in [1.165, 1.54) is 10.9 Å². The highest BCUT2D eigenvalue weighted by Crippen LogP contribution is 2.17. The first-order chi connectivity index (χ1) is 12.8. The topological polar surface area (TPSA) is 79.0 Å². The molecule has 1 aromatic carbocycles. The highest BCUT2D eigenvalue weighted by atomic mass is 16.5. The average Bonchev–Trinajstić information content (AvgIpc) is 3.09. The number of carbonyl (C=O) groups excluding carboxylic acids is 1.